The van der Waals surface area contributed by atoms with Gasteiger partial charge in [0.05, 0.1) is 6.42 Å². The summed E-state index contributed by atoms with van der Waals surface area (Å²) in [5.41, 5.74) is 0.359. The lowest BCUT2D eigenvalue weighted by molar-refractivity contribution is -0.139. The fourth-order valence-electron chi connectivity index (χ4n) is 1.68. The fraction of sp³-hybridized carbons (Fsp3) is 0.467. The Bertz CT molecular complexity index is 456. The molecule has 0 bridgehead atoms. The van der Waals surface area contributed by atoms with Gasteiger partial charge in [0, 0.05) is 6.04 Å². The largest absolute Gasteiger partial charge is 0.481 e. The normalized spacial score (nSPS) is 12.6. The highest BCUT2D eigenvalue weighted by Crippen LogP contribution is 2.25. The van der Waals surface area contributed by atoms with E-state index in [0.717, 1.165) is 5.56 Å². The smallest absolute Gasteiger partial charge is 0.407 e. The predicted octanol–water partition coefficient (Wildman–Crippen LogP) is 2.80. The Hall–Kier alpha value is -2.04. The van der Waals surface area contributed by atoms with Crippen LogP contribution in [-0.2, 0) is 16.1 Å². The van der Waals surface area contributed by atoms with Crippen molar-refractivity contribution in [1.82, 2.24) is 5.32 Å². The summed E-state index contributed by atoms with van der Waals surface area (Å²) in [5.74, 6) is -0.888. The summed E-state index contributed by atoms with van der Waals surface area (Å²) < 4.78 is 5.10. The number of amides is 1. The van der Waals surface area contributed by atoms with E-state index in [9.17, 15) is 9.59 Å². The van der Waals surface area contributed by atoms with Crippen LogP contribution in [0.25, 0.3) is 0 Å². The van der Waals surface area contributed by atoms with Crippen molar-refractivity contribution in [1.29, 1.82) is 0 Å². The maximum Gasteiger partial charge on any atom is 0.407 e. The number of ether oxygens (including phenoxy) is 1. The summed E-state index contributed by atoms with van der Waals surface area (Å²) in [6, 6.07) is 9.06. The van der Waals surface area contributed by atoms with Crippen LogP contribution in [-0.4, -0.2) is 23.2 Å². The molecule has 1 amide bonds. The Morgan fingerprint density at radius 1 is 1.30 bits per heavy atom. The molecule has 2 N–H and O–H groups in total. The van der Waals surface area contributed by atoms with Gasteiger partial charge in [0.2, 0.25) is 0 Å². The molecule has 1 aromatic rings. The van der Waals surface area contributed by atoms with E-state index in [4.69, 9.17) is 9.84 Å². The van der Waals surface area contributed by atoms with Crippen molar-refractivity contribution < 1.29 is 19.4 Å². The number of carbonyl (C=O) groups excluding carboxylic acids is 1. The van der Waals surface area contributed by atoms with Crippen molar-refractivity contribution in [3.8, 4) is 0 Å². The first-order chi connectivity index (χ1) is 9.31. The van der Waals surface area contributed by atoms with E-state index in [1.165, 1.54) is 0 Å². The van der Waals surface area contributed by atoms with Gasteiger partial charge in [-0.3, -0.25) is 4.79 Å². The molecule has 1 unspecified atom stereocenters. The first-order valence-electron chi connectivity index (χ1n) is 6.50. The predicted molar refractivity (Wildman–Crippen MR) is 75.3 cm³/mol. The van der Waals surface area contributed by atoms with Gasteiger partial charge in [0.15, 0.2) is 0 Å². The molecule has 0 saturated carbocycles. The quantitative estimate of drug-likeness (QED) is 0.839. The average molecular weight is 279 g/mol. The molecule has 0 radical (unpaired) electrons. The molecule has 0 spiro atoms. The highest BCUT2D eigenvalue weighted by molar-refractivity contribution is 5.69. The third kappa shape index (κ3) is 5.30. The van der Waals surface area contributed by atoms with E-state index >= 15 is 0 Å². The van der Waals surface area contributed by atoms with Gasteiger partial charge in [-0.25, -0.2) is 4.79 Å². The highest BCUT2D eigenvalue weighted by Gasteiger charge is 2.30. The van der Waals surface area contributed by atoms with Crippen LogP contribution in [0.2, 0.25) is 0 Å². The zero-order valence-corrected chi connectivity index (χ0v) is 12.1. The number of nitrogens with one attached hydrogen (secondary N) is 1. The SMILES string of the molecule is CC(NC(=O)OCc1ccccc1)C(C)(C)CC(=O)O. The molecule has 0 saturated heterocycles. The lowest BCUT2D eigenvalue weighted by Crippen LogP contribution is -2.44. The summed E-state index contributed by atoms with van der Waals surface area (Å²) >= 11 is 0. The summed E-state index contributed by atoms with van der Waals surface area (Å²) in [7, 11) is 0. The Labute approximate surface area is 118 Å². The average Bonchev–Trinajstić information content (AvgIpc) is 2.36. The lowest BCUT2D eigenvalue weighted by Gasteiger charge is -2.30. The van der Waals surface area contributed by atoms with Crippen LogP contribution < -0.4 is 5.32 Å². The number of rotatable bonds is 6. The van der Waals surface area contributed by atoms with E-state index in [1.807, 2.05) is 30.3 Å². The molecule has 1 aromatic carbocycles. The standard InChI is InChI=1S/C15H21NO4/c1-11(15(2,3)9-13(17)18)16-14(19)20-10-12-7-5-4-6-8-12/h4-8,11H,9-10H2,1-3H3,(H,16,19)(H,17,18). The van der Waals surface area contributed by atoms with Crippen molar-refractivity contribution in [2.75, 3.05) is 0 Å². The first kappa shape index (κ1) is 16.0. The zero-order chi connectivity index (χ0) is 15.2. The van der Waals surface area contributed by atoms with E-state index in [0.29, 0.717) is 0 Å². The zero-order valence-electron chi connectivity index (χ0n) is 12.1. The maximum atomic E-state index is 11.7. The van der Waals surface area contributed by atoms with Crippen molar-refractivity contribution in [2.45, 2.75) is 39.8 Å². The number of carboxylic acids is 1. The third-order valence-corrected chi connectivity index (χ3v) is 3.33. The van der Waals surface area contributed by atoms with Gasteiger partial charge in [-0.2, -0.15) is 0 Å². The number of hydrogen-bond donors (Lipinski definition) is 2. The molecule has 5 heteroatoms. The second-order valence-electron chi connectivity index (χ2n) is 5.49. The van der Waals surface area contributed by atoms with E-state index < -0.39 is 17.5 Å². The van der Waals surface area contributed by atoms with E-state index in [1.54, 1.807) is 20.8 Å². The molecule has 0 aliphatic heterocycles. The monoisotopic (exact) mass is 279 g/mol. The minimum Gasteiger partial charge on any atom is -0.481 e. The van der Waals surface area contributed by atoms with Gasteiger partial charge >= 0.3 is 12.1 Å². The fourth-order valence-corrected chi connectivity index (χ4v) is 1.68. The van der Waals surface area contributed by atoms with Gasteiger partial charge < -0.3 is 15.2 Å². The van der Waals surface area contributed by atoms with Crippen LogP contribution >= 0.6 is 0 Å². The lowest BCUT2D eigenvalue weighted by atomic mass is 9.82. The maximum absolute atomic E-state index is 11.7. The van der Waals surface area contributed by atoms with Crippen LogP contribution in [0.4, 0.5) is 4.79 Å². The molecule has 0 aromatic heterocycles. The van der Waals surface area contributed by atoms with Crippen molar-refractivity contribution in [2.24, 2.45) is 5.41 Å². The number of benzene rings is 1. The highest BCUT2D eigenvalue weighted by atomic mass is 16.5. The van der Waals surface area contributed by atoms with Crippen molar-refractivity contribution in [3.05, 3.63) is 35.9 Å². The van der Waals surface area contributed by atoms with Crippen molar-refractivity contribution in [3.63, 3.8) is 0 Å². The minimum absolute atomic E-state index is 0.0207. The second-order valence-corrected chi connectivity index (χ2v) is 5.49. The Kier molecular flexibility index (Phi) is 5.55. The van der Waals surface area contributed by atoms with Gasteiger partial charge in [0.1, 0.15) is 6.61 Å². The van der Waals surface area contributed by atoms with E-state index in [-0.39, 0.29) is 19.1 Å². The van der Waals surface area contributed by atoms with Gasteiger partial charge in [-0.1, -0.05) is 44.2 Å². The Morgan fingerprint density at radius 3 is 2.45 bits per heavy atom. The van der Waals surface area contributed by atoms with Crippen LogP contribution in [0.15, 0.2) is 30.3 Å². The molecule has 0 fully saturated rings. The number of carboxylic acid groups (broad SMARTS) is 1. The van der Waals surface area contributed by atoms with Crippen LogP contribution in [0, 0.1) is 5.41 Å². The summed E-state index contributed by atoms with van der Waals surface area (Å²) in [4.78, 5) is 22.5. The molecule has 0 heterocycles. The van der Waals surface area contributed by atoms with Crippen molar-refractivity contribution >= 4 is 12.1 Å². The molecule has 110 valence electrons. The summed E-state index contributed by atoms with van der Waals surface area (Å²) in [6.45, 7) is 5.55. The number of aliphatic carboxylic acids is 1. The Morgan fingerprint density at radius 2 is 1.90 bits per heavy atom. The molecule has 20 heavy (non-hydrogen) atoms. The molecule has 0 aliphatic carbocycles. The topological polar surface area (TPSA) is 75.6 Å². The summed E-state index contributed by atoms with van der Waals surface area (Å²) in [5, 5.41) is 11.5. The molecule has 0 aliphatic rings. The third-order valence-electron chi connectivity index (χ3n) is 3.33. The summed E-state index contributed by atoms with van der Waals surface area (Å²) in [6.07, 6.45) is -0.563. The first-order valence-corrected chi connectivity index (χ1v) is 6.50. The molecular weight excluding hydrogens is 258 g/mol. The second kappa shape index (κ2) is 6.93. The van der Waals surface area contributed by atoms with Gasteiger partial charge in [-0.15, -0.1) is 0 Å². The molecule has 1 atom stereocenters. The van der Waals surface area contributed by atoms with Crippen LogP contribution in [0.1, 0.15) is 32.8 Å². The van der Waals surface area contributed by atoms with Crippen LogP contribution in [0.3, 0.4) is 0 Å². The minimum atomic E-state index is -0.888. The number of alkyl carbamates (subject to hydrolysis) is 1. The Balaban J connectivity index is 2.43. The van der Waals surface area contributed by atoms with Crippen LogP contribution in [0.5, 0.6) is 0 Å². The molecule has 1 rings (SSSR count). The van der Waals surface area contributed by atoms with E-state index in [2.05, 4.69) is 5.32 Å². The number of hydrogen-bond acceptors (Lipinski definition) is 3. The number of carbonyl (C=O) groups is 2. The van der Waals surface area contributed by atoms with Gasteiger partial charge in [-0.05, 0) is 17.9 Å². The molecular formula is C15H21NO4. The molecule has 5 nitrogen and oxygen atoms in total. The van der Waals surface area contributed by atoms with Gasteiger partial charge in [0.25, 0.3) is 0 Å².